The monoisotopic (exact) mass is 263 g/mol. The Bertz CT molecular complexity index is 558. The molecular weight excluding hydrogens is 249 g/mol. The minimum absolute atomic E-state index is 0.289. The highest BCUT2D eigenvalue weighted by Gasteiger charge is 2.14. The molecule has 0 fully saturated rings. The number of benzene rings is 1. The highest BCUT2D eigenvalue weighted by Crippen LogP contribution is 2.32. The Morgan fingerprint density at radius 2 is 2.11 bits per heavy atom. The Morgan fingerprint density at radius 1 is 1.33 bits per heavy atom. The second-order valence-corrected chi connectivity index (χ2v) is 5.03. The van der Waals surface area contributed by atoms with E-state index in [-0.39, 0.29) is 11.9 Å². The van der Waals surface area contributed by atoms with Crippen LogP contribution >= 0.6 is 11.8 Å². The number of hydrogen-bond acceptors (Lipinski definition) is 4. The van der Waals surface area contributed by atoms with Crippen molar-refractivity contribution in [3.63, 3.8) is 0 Å². The average Bonchev–Trinajstić information content (AvgIpc) is 2.28. The van der Waals surface area contributed by atoms with Gasteiger partial charge in [-0.15, -0.1) is 0 Å². The summed E-state index contributed by atoms with van der Waals surface area (Å²) in [6, 6.07) is 6.37. The van der Waals surface area contributed by atoms with Gasteiger partial charge in [0, 0.05) is 28.4 Å². The Morgan fingerprint density at radius 3 is 2.78 bits per heavy atom. The molecular formula is C13H14FN3S. The molecule has 0 amide bonds. The van der Waals surface area contributed by atoms with Gasteiger partial charge in [0.2, 0.25) is 0 Å². The first-order valence-corrected chi connectivity index (χ1v) is 6.41. The SMILES string of the molecule is Cc1ccnc(Sc2cccc(F)c2[C@@H](C)N)n1. The summed E-state index contributed by atoms with van der Waals surface area (Å²) in [4.78, 5) is 9.20. The van der Waals surface area contributed by atoms with E-state index in [1.807, 2.05) is 19.1 Å². The predicted octanol–water partition coefficient (Wildman–Crippen LogP) is 3.10. The van der Waals surface area contributed by atoms with Gasteiger partial charge in [0.25, 0.3) is 0 Å². The number of aryl methyl sites for hydroxylation is 1. The van der Waals surface area contributed by atoms with Crippen molar-refractivity contribution in [3.05, 3.63) is 47.5 Å². The molecule has 3 nitrogen and oxygen atoms in total. The lowest BCUT2D eigenvalue weighted by molar-refractivity contribution is 0.585. The van der Waals surface area contributed by atoms with Gasteiger partial charge in [0.1, 0.15) is 5.82 Å². The molecule has 0 saturated carbocycles. The standard InChI is InChI=1S/C13H14FN3S/c1-8-6-7-16-13(17-8)18-11-5-3-4-10(14)12(11)9(2)15/h3-7,9H,15H2,1-2H3/t9-/m1/s1. The summed E-state index contributed by atoms with van der Waals surface area (Å²) < 4.78 is 13.7. The van der Waals surface area contributed by atoms with Crippen molar-refractivity contribution in [2.45, 2.75) is 29.9 Å². The van der Waals surface area contributed by atoms with E-state index in [0.29, 0.717) is 10.7 Å². The molecule has 0 saturated heterocycles. The average molecular weight is 263 g/mol. The molecule has 1 heterocycles. The van der Waals surface area contributed by atoms with Crippen LogP contribution in [-0.4, -0.2) is 9.97 Å². The van der Waals surface area contributed by atoms with Gasteiger partial charge < -0.3 is 5.73 Å². The third-order valence-electron chi connectivity index (χ3n) is 2.44. The molecule has 5 heteroatoms. The fraction of sp³-hybridized carbons (Fsp3) is 0.231. The topological polar surface area (TPSA) is 51.8 Å². The van der Waals surface area contributed by atoms with Crippen molar-refractivity contribution in [3.8, 4) is 0 Å². The predicted molar refractivity (Wildman–Crippen MR) is 69.9 cm³/mol. The first-order chi connectivity index (χ1) is 8.58. The summed E-state index contributed by atoms with van der Waals surface area (Å²) >= 11 is 1.33. The molecule has 2 rings (SSSR count). The van der Waals surface area contributed by atoms with Crippen LogP contribution in [0.5, 0.6) is 0 Å². The maximum absolute atomic E-state index is 13.7. The summed E-state index contributed by atoms with van der Waals surface area (Å²) in [5.74, 6) is -0.289. The minimum Gasteiger partial charge on any atom is -0.324 e. The number of rotatable bonds is 3. The molecule has 18 heavy (non-hydrogen) atoms. The largest absolute Gasteiger partial charge is 0.324 e. The summed E-state index contributed by atoms with van der Waals surface area (Å²) in [7, 11) is 0. The second-order valence-electron chi connectivity index (χ2n) is 4.02. The molecule has 0 aliphatic carbocycles. The van der Waals surface area contributed by atoms with Crippen LogP contribution in [0.3, 0.4) is 0 Å². The van der Waals surface area contributed by atoms with E-state index in [0.717, 1.165) is 10.6 Å². The fourth-order valence-electron chi connectivity index (χ4n) is 1.62. The lowest BCUT2D eigenvalue weighted by Crippen LogP contribution is -2.09. The summed E-state index contributed by atoms with van der Waals surface area (Å²) in [5, 5.41) is 0.600. The molecule has 1 aromatic heterocycles. The molecule has 0 spiro atoms. The van der Waals surface area contributed by atoms with Crippen molar-refractivity contribution in [1.29, 1.82) is 0 Å². The van der Waals surface area contributed by atoms with Crippen molar-refractivity contribution < 1.29 is 4.39 Å². The van der Waals surface area contributed by atoms with E-state index in [1.165, 1.54) is 17.8 Å². The van der Waals surface area contributed by atoms with Gasteiger partial charge in [0.05, 0.1) is 0 Å². The van der Waals surface area contributed by atoms with Crippen LogP contribution in [0.2, 0.25) is 0 Å². The molecule has 0 unspecified atom stereocenters. The molecule has 1 aromatic carbocycles. The molecule has 94 valence electrons. The van der Waals surface area contributed by atoms with Crippen LogP contribution in [0, 0.1) is 12.7 Å². The van der Waals surface area contributed by atoms with Crippen molar-refractivity contribution in [2.75, 3.05) is 0 Å². The Kier molecular flexibility index (Phi) is 3.93. The lowest BCUT2D eigenvalue weighted by atomic mass is 10.1. The maximum atomic E-state index is 13.7. The zero-order chi connectivity index (χ0) is 13.1. The van der Waals surface area contributed by atoms with E-state index < -0.39 is 0 Å². The van der Waals surface area contributed by atoms with Crippen LogP contribution in [0.25, 0.3) is 0 Å². The van der Waals surface area contributed by atoms with E-state index in [9.17, 15) is 4.39 Å². The first-order valence-electron chi connectivity index (χ1n) is 5.59. The fourth-order valence-corrected chi connectivity index (χ4v) is 2.66. The van der Waals surface area contributed by atoms with Crippen molar-refractivity contribution >= 4 is 11.8 Å². The minimum atomic E-state index is -0.362. The summed E-state index contributed by atoms with van der Waals surface area (Å²) in [6.07, 6.45) is 1.69. The number of hydrogen-bond donors (Lipinski definition) is 1. The van der Waals surface area contributed by atoms with E-state index in [1.54, 1.807) is 19.2 Å². The Labute approximate surface area is 110 Å². The third kappa shape index (κ3) is 2.86. The number of nitrogens with zero attached hydrogens (tertiary/aromatic N) is 2. The van der Waals surface area contributed by atoms with Gasteiger partial charge in [-0.1, -0.05) is 6.07 Å². The smallest absolute Gasteiger partial charge is 0.192 e. The van der Waals surface area contributed by atoms with Gasteiger partial charge in [-0.3, -0.25) is 0 Å². The molecule has 1 atom stereocenters. The summed E-state index contributed by atoms with van der Waals surface area (Å²) in [5.41, 5.74) is 7.19. The molecule has 2 aromatic rings. The van der Waals surface area contributed by atoms with E-state index >= 15 is 0 Å². The van der Waals surface area contributed by atoms with Crippen LogP contribution in [0.15, 0.2) is 40.5 Å². The van der Waals surface area contributed by atoms with Crippen LogP contribution in [0.1, 0.15) is 24.2 Å². The number of aromatic nitrogens is 2. The molecule has 0 aliphatic rings. The Balaban J connectivity index is 2.37. The highest BCUT2D eigenvalue weighted by atomic mass is 32.2. The quantitative estimate of drug-likeness (QED) is 0.865. The lowest BCUT2D eigenvalue weighted by Gasteiger charge is -2.12. The van der Waals surface area contributed by atoms with Gasteiger partial charge in [-0.25, -0.2) is 14.4 Å². The highest BCUT2D eigenvalue weighted by molar-refractivity contribution is 7.99. The maximum Gasteiger partial charge on any atom is 0.192 e. The van der Waals surface area contributed by atoms with E-state index in [2.05, 4.69) is 9.97 Å². The van der Waals surface area contributed by atoms with E-state index in [4.69, 9.17) is 5.73 Å². The van der Waals surface area contributed by atoms with Crippen LogP contribution in [0.4, 0.5) is 4.39 Å². The zero-order valence-electron chi connectivity index (χ0n) is 10.2. The molecule has 0 bridgehead atoms. The van der Waals surface area contributed by atoms with Gasteiger partial charge >= 0.3 is 0 Å². The number of halogens is 1. The van der Waals surface area contributed by atoms with Crippen molar-refractivity contribution in [2.24, 2.45) is 5.73 Å². The number of nitrogens with two attached hydrogens (primary N) is 1. The third-order valence-corrected chi connectivity index (χ3v) is 3.40. The molecule has 2 N–H and O–H groups in total. The van der Waals surface area contributed by atoms with Crippen molar-refractivity contribution in [1.82, 2.24) is 9.97 Å². The van der Waals surface area contributed by atoms with Gasteiger partial charge in [-0.05, 0) is 43.8 Å². The zero-order valence-corrected chi connectivity index (χ0v) is 11.0. The summed E-state index contributed by atoms with van der Waals surface area (Å²) in [6.45, 7) is 3.66. The van der Waals surface area contributed by atoms with Crippen LogP contribution < -0.4 is 5.73 Å². The van der Waals surface area contributed by atoms with Crippen LogP contribution in [-0.2, 0) is 0 Å². The van der Waals surface area contributed by atoms with Gasteiger partial charge in [-0.2, -0.15) is 0 Å². The second kappa shape index (κ2) is 5.46. The Hall–Kier alpha value is -1.46. The van der Waals surface area contributed by atoms with Gasteiger partial charge in [0.15, 0.2) is 5.16 Å². The first kappa shape index (κ1) is 13.0. The molecule has 0 radical (unpaired) electrons. The normalized spacial score (nSPS) is 12.4. The molecule has 0 aliphatic heterocycles.